The minimum atomic E-state index is -0.519. The van der Waals surface area contributed by atoms with Gasteiger partial charge in [-0.25, -0.2) is 9.88 Å². The highest BCUT2D eigenvalue weighted by atomic mass is 32.1. The smallest absolute Gasteiger partial charge is 0.251 e. The summed E-state index contributed by atoms with van der Waals surface area (Å²) in [6.45, 7) is 2.65. The molecule has 172 valence electrons. The molecule has 2 amide bonds. The predicted octanol–water partition coefficient (Wildman–Crippen LogP) is 4.74. The third-order valence-corrected chi connectivity index (χ3v) is 7.11. The van der Waals surface area contributed by atoms with Gasteiger partial charge in [0.1, 0.15) is 10.8 Å². The summed E-state index contributed by atoms with van der Waals surface area (Å²) in [6, 6.07) is 21.0. The number of ether oxygens (including phenoxy) is 1. The monoisotopic (exact) mass is 471 g/mol. The third-order valence-electron chi connectivity index (χ3n) is 6.04. The maximum Gasteiger partial charge on any atom is 0.251 e. The van der Waals surface area contributed by atoms with Crippen molar-refractivity contribution in [2.75, 3.05) is 18.6 Å². The molecule has 5 rings (SSSR count). The summed E-state index contributed by atoms with van der Waals surface area (Å²) in [5.74, 6) is 0.416. The lowest BCUT2D eigenvalue weighted by molar-refractivity contribution is -0.121. The lowest BCUT2D eigenvalue weighted by Gasteiger charge is -2.16. The van der Waals surface area contributed by atoms with E-state index in [-0.39, 0.29) is 18.2 Å². The zero-order chi connectivity index (χ0) is 23.7. The fraction of sp³-hybridized carbons (Fsp3) is 0.222. The highest BCUT2D eigenvalue weighted by molar-refractivity contribution is 7.21. The first-order valence-electron chi connectivity index (χ1n) is 11.2. The van der Waals surface area contributed by atoms with E-state index in [1.165, 1.54) is 10.5 Å². The molecule has 0 aliphatic carbocycles. The van der Waals surface area contributed by atoms with E-state index in [2.05, 4.69) is 24.4 Å². The van der Waals surface area contributed by atoms with E-state index in [1.54, 1.807) is 18.4 Å². The number of hydrogen-bond donors (Lipinski definition) is 1. The van der Waals surface area contributed by atoms with E-state index in [4.69, 9.17) is 9.72 Å². The molecule has 0 bridgehead atoms. The second-order valence-electron chi connectivity index (χ2n) is 8.38. The number of rotatable bonds is 7. The summed E-state index contributed by atoms with van der Waals surface area (Å²) >= 11 is 1.64. The standard InChI is InChI=1S/C27H25N3O3S/c1-17-7-12-21-24(15-17)34-26(29-21)19-8-10-20(11-9-19)30-25(31)16-22(27(30)32)28-14-13-18-5-3-4-6-23(18)33-2/h3-12,15,22,28H,13-14,16H2,1-2H3/t22-/m0/s1. The number of aromatic nitrogens is 1. The lowest BCUT2D eigenvalue weighted by atomic mass is 10.1. The van der Waals surface area contributed by atoms with Crippen LogP contribution < -0.4 is 15.0 Å². The van der Waals surface area contributed by atoms with Crippen LogP contribution in [-0.4, -0.2) is 36.5 Å². The maximum atomic E-state index is 13.0. The Hall–Kier alpha value is -3.55. The van der Waals surface area contributed by atoms with Crippen LogP contribution in [0.3, 0.4) is 0 Å². The minimum absolute atomic E-state index is 0.156. The number of imide groups is 1. The van der Waals surface area contributed by atoms with Crippen molar-refractivity contribution in [3.63, 3.8) is 0 Å². The molecule has 1 N–H and O–H groups in total. The summed E-state index contributed by atoms with van der Waals surface area (Å²) in [4.78, 5) is 31.7. The van der Waals surface area contributed by atoms with Gasteiger partial charge >= 0.3 is 0 Å². The van der Waals surface area contributed by atoms with E-state index in [9.17, 15) is 9.59 Å². The van der Waals surface area contributed by atoms with E-state index in [0.717, 1.165) is 32.1 Å². The van der Waals surface area contributed by atoms with Crippen molar-refractivity contribution in [3.05, 3.63) is 77.9 Å². The highest BCUT2D eigenvalue weighted by Gasteiger charge is 2.39. The summed E-state index contributed by atoms with van der Waals surface area (Å²) in [5.41, 5.74) is 4.79. The number of hydrogen-bond acceptors (Lipinski definition) is 6. The maximum absolute atomic E-state index is 13.0. The van der Waals surface area contributed by atoms with Crippen LogP contribution in [-0.2, 0) is 16.0 Å². The molecule has 1 aromatic heterocycles. The first kappa shape index (κ1) is 22.3. The van der Waals surface area contributed by atoms with Crippen LogP contribution in [0.4, 0.5) is 5.69 Å². The van der Waals surface area contributed by atoms with Crippen molar-refractivity contribution >= 4 is 39.1 Å². The van der Waals surface area contributed by atoms with Crippen LogP contribution in [0, 0.1) is 6.92 Å². The van der Waals surface area contributed by atoms with Gasteiger partial charge in [-0.1, -0.05) is 24.3 Å². The Labute approximate surface area is 202 Å². The fourth-order valence-corrected chi connectivity index (χ4v) is 5.33. The number of nitrogens with one attached hydrogen (secondary N) is 1. The Morgan fingerprint density at radius 1 is 1.09 bits per heavy atom. The quantitative estimate of drug-likeness (QED) is 0.394. The van der Waals surface area contributed by atoms with Crippen molar-refractivity contribution in [1.82, 2.24) is 10.3 Å². The Morgan fingerprint density at radius 2 is 1.88 bits per heavy atom. The zero-order valence-corrected chi connectivity index (χ0v) is 19.9. The number of benzene rings is 3. The van der Waals surface area contributed by atoms with Crippen molar-refractivity contribution in [3.8, 4) is 16.3 Å². The molecular weight excluding hydrogens is 446 g/mol. The van der Waals surface area contributed by atoms with Gasteiger partial charge in [-0.2, -0.15) is 0 Å². The van der Waals surface area contributed by atoms with Gasteiger partial charge in [-0.15, -0.1) is 11.3 Å². The summed E-state index contributed by atoms with van der Waals surface area (Å²) in [7, 11) is 1.65. The summed E-state index contributed by atoms with van der Waals surface area (Å²) in [6.07, 6.45) is 0.863. The van der Waals surface area contributed by atoms with Crippen LogP contribution in [0.25, 0.3) is 20.8 Å². The lowest BCUT2D eigenvalue weighted by Crippen LogP contribution is -2.39. The molecule has 3 aromatic carbocycles. The van der Waals surface area contributed by atoms with Crippen molar-refractivity contribution in [1.29, 1.82) is 0 Å². The van der Waals surface area contributed by atoms with Gasteiger partial charge in [-0.3, -0.25) is 9.59 Å². The van der Waals surface area contributed by atoms with E-state index >= 15 is 0 Å². The molecule has 0 saturated carbocycles. The molecule has 1 saturated heterocycles. The van der Waals surface area contributed by atoms with Crippen LogP contribution in [0.2, 0.25) is 0 Å². The molecule has 1 fully saturated rings. The summed E-state index contributed by atoms with van der Waals surface area (Å²) < 4.78 is 6.53. The SMILES string of the molecule is COc1ccccc1CCN[C@H]1CC(=O)N(c2ccc(-c3nc4ccc(C)cc4s3)cc2)C1=O. The number of anilines is 1. The van der Waals surface area contributed by atoms with Gasteiger partial charge in [0.05, 0.1) is 35.5 Å². The topological polar surface area (TPSA) is 71.5 Å². The van der Waals surface area contributed by atoms with Crippen molar-refractivity contribution in [2.24, 2.45) is 0 Å². The number of methoxy groups -OCH3 is 1. The van der Waals surface area contributed by atoms with Gasteiger partial charge in [0.2, 0.25) is 5.91 Å². The van der Waals surface area contributed by atoms with Gasteiger partial charge < -0.3 is 10.1 Å². The molecule has 1 aliphatic heterocycles. The highest BCUT2D eigenvalue weighted by Crippen LogP contribution is 2.32. The zero-order valence-electron chi connectivity index (χ0n) is 19.1. The van der Waals surface area contributed by atoms with E-state index in [0.29, 0.717) is 18.7 Å². The average molecular weight is 472 g/mol. The average Bonchev–Trinajstić information content (AvgIpc) is 3.39. The van der Waals surface area contributed by atoms with Crippen LogP contribution >= 0.6 is 11.3 Å². The normalized spacial score (nSPS) is 15.9. The number of thiazole rings is 1. The van der Waals surface area contributed by atoms with E-state index < -0.39 is 6.04 Å². The largest absolute Gasteiger partial charge is 0.496 e. The molecule has 0 unspecified atom stereocenters. The van der Waals surface area contributed by atoms with Crippen LogP contribution in [0.5, 0.6) is 5.75 Å². The van der Waals surface area contributed by atoms with Gasteiger partial charge in [0.15, 0.2) is 0 Å². The molecular formula is C27H25N3O3S. The van der Waals surface area contributed by atoms with Gasteiger partial charge in [-0.05, 0) is 66.9 Å². The molecule has 1 atom stereocenters. The molecule has 6 nitrogen and oxygen atoms in total. The predicted molar refractivity (Wildman–Crippen MR) is 135 cm³/mol. The number of para-hydroxylation sites is 1. The van der Waals surface area contributed by atoms with Gasteiger partial charge in [0.25, 0.3) is 5.91 Å². The number of carbonyl (C=O) groups is 2. The number of amides is 2. The number of aryl methyl sites for hydroxylation is 1. The second kappa shape index (κ2) is 9.37. The van der Waals surface area contributed by atoms with Crippen molar-refractivity contribution < 1.29 is 14.3 Å². The Morgan fingerprint density at radius 3 is 2.68 bits per heavy atom. The third kappa shape index (κ3) is 4.32. The first-order chi connectivity index (χ1) is 16.5. The van der Waals surface area contributed by atoms with Crippen LogP contribution in [0.15, 0.2) is 66.7 Å². The minimum Gasteiger partial charge on any atom is -0.496 e. The van der Waals surface area contributed by atoms with E-state index in [1.807, 2.05) is 54.6 Å². The fourth-order valence-electron chi connectivity index (χ4n) is 4.26. The molecule has 0 radical (unpaired) electrons. The number of carbonyl (C=O) groups excluding carboxylic acids is 2. The number of nitrogens with zero attached hydrogens (tertiary/aromatic N) is 2. The Bertz CT molecular complexity index is 1360. The van der Waals surface area contributed by atoms with Gasteiger partial charge in [0, 0.05) is 12.1 Å². The Kier molecular flexibility index (Phi) is 6.13. The molecule has 1 aliphatic rings. The molecule has 2 heterocycles. The second-order valence-corrected chi connectivity index (χ2v) is 9.41. The first-order valence-corrected chi connectivity index (χ1v) is 12.0. The summed E-state index contributed by atoms with van der Waals surface area (Å²) in [5, 5.41) is 4.16. The molecule has 4 aromatic rings. The molecule has 0 spiro atoms. The van der Waals surface area contributed by atoms with Crippen molar-refractivity contribution in [2.45, 2.75) is 25.8 Å². The molecule has 34 heavy (non-hydrogen) atoms. The molecule has 7 heteroatoms. The Balaban J connectivity index is 1.26. The van der Waals surface area contributed by atoms with Crippen LogP contribution in [0.1, 0.15) is 17.5 Å². The number of fused-ring (bicyclic) bond motifs is 1.